The van der Waals surface area contributed by atoms with Crippen LogP contribution in [0.15, 0.2) is 66.7 Å². The lowest BCUT2D eigenvalue weighted by Crippen LogP contribution is -2.27. The van der Waals surface area contributed by atoms with E-state index in [4.69, 9.17) is 5.11 Å². The largest absolute Gasteiger partial charge is 0.396 e. The van der Waals surface area contributed by atoms with E-state index in [2.05, 4.69) is 5.32 Å². The van der Waals surface area contributed by atoms with Crippen molar-refractivity contribution in [2.45, 2.75) is 18.9 Å². The van der Waals surface area contributed by atoms with E-state index in [9.17, 15) is 4.79 Å². The fourth-order valence-corrected chi connectivity index (χ4v) is 2.26. The molecule has 1 atom stereocenters. The summed E-state index contributed by atoms with van der Waals surface area (Å²) in [4.78, 5) is 12.1. The fourth-order valence-electron chi connectivity index (χ4n) is 2.26. The van der Waals surface area contributed by atoms with Crippen molar-refractivity contribution in [3.63, 3.8) is 0 Å². The summed E-state index contributed by atoms with van der Waals surface area (Å²) >= 11 is 0. The molecule has 1 unspecified atom stereocenters. The minimum Gasteiger partial charge on any atom is -0.396 e. The molecule has 0 aliphatic heterocycles. The quantitative estimate of drug-likeness (QED) is 0.770. The zero-order valence-electron chi connectivity index (χ0n) is 12.5. The van der Waals surface area contributed by atoms with Crippen LogP contribution in [0.1, 0.15) is 30.0 Å². The second kappa shape index (κ2) is 8.80. The van der Waals surface area contributed by atoms with E-state index in [0.29, 0.717) is 12.8 Å². The second-order valence-electron chi connectivity index (χ2n) is 5.08. The number of aliphatic hydroxyl groups is 1. The van der Waals surface area contributed by atoms with E-state index in [1.165, 1.54) is 0 Å². The maximum absolute atomic E-state index is 12.1. The molecule has 1 amide bonds. The van der Waals surface area contributed by atoms with Crippen LogP contribution in [-0.4, -0.2) is 17.6 Å². The van der Waals surface area contributed by atoms with Crippen LogP contribution in [0, 0.1) is 0 Å². The lowest BCUT2D eigenvalue weighted by molar-refractivity contribution is -0.117. The molecular weight excluding hydrogens is 274 g/mol. The van der Waals surface area contributed by atoms with E-state index < -0.39 is 0 Å². The van der Waals surface area contributed by atoms with Crippen LogP contribution < -0.4 is 5.32 Å². The summed E-state index contributed by atoms with van der Waals surface area (Å²) in [6.07, 6.45) is 4.71. The summed E-state index contributed by atoms with van der Waals surface area (Å²) in [5.41, 5.74) is 2.04. The van der Waals surface area contributed by atoms with Crippen molar-refractivity contribution in [3.8, 4) is 0 Å². The van der Waals surface area contributed by atoms with Gasteiger partial charge in [-0.25, -0.2) is 0 Å². The normalized spacial score (nSPS) is 12.2. The Morgan fingerprint density at radius 1 is 1.05 bits per heavy atom. The molecule has 3 heteroatoms. The highest BCUT2D eigenvalue weighted by atomic mass is 16.3. The molecule has 0 aliphatic rings. The minimum absolute atomic E-state index is 0.0822. The molecule has 0 aromatic heterocycles. The van der Waals surface area contributed by atoms with E-state index in [-0.39, 0.29) is 18.6 Å². The first-order valence-electron chi connectivity index (χ1n) is 7.49. The predicted octanol–water partition coefficient (Wildman–Crippen LogP) is 3.33. The summed E-state index contributed by atoms with van der Waals surface area (Å²) < 4.78 is 0. The zero-order chi connectivity index (χ0) is 15.6. The monoisotopic (exact) mass is 295 g/mol. The first kappa shape index (κ1) is 16.0. The van der Waals surface area contributed by atoms with Gasteiger partial charge in [-0.05, 0) is 30.0 Å². The highest BCUT2D eigenvalue weighted by Crippen LogP contribution is 2.18. The maximum Gasteiger partial charge on any atom is 0.244 e. The average Bonchev–Trinajstić information content (AvgIpc) is 2.58. The molecule has 2 aromatic rings. The van der Waals surface area contributed by atoms with E-state index in [1.54, 1.807) is 12.2 Å². The first-order valence-corrected chi connectivity index (χ1v) is 7.49. The molecule has 0 heterocycles. The van der Waals surface area contributed by atoms with Crippen molar-refractivity contribution in [3.05, 3.63) is 77.9 Å². The highest BCUT2D eigenvalue weighted by molar-refractivity contribution is 5.91. The molecule has 0 spiro atoms. The number of nitrogens with one attached hydrogen (secondary N) is 1. The van der Waals surface area contributed by atoms with Crippen LogP contribution >= 0.6 is 0 Å². The maximum atomic E-state index is 12.1. The number of carbonyl (C=O) groups excluding carboxylic acids is 1. The first-order chi connectivity index (χ1) is 10.8. The topological polar surface area (TPSA) is 49.3 Å². The number of aliphatic hydroxyl groups excluding tert-OH is 1. The third kappa shape index (κ3) is 5.19. The van der Waals surface area contributed by atoms with Gasteiger partial charge >= 0.3 is 0 Å². The van der Waals surface area contributed by atoms with Gasteiger partial charge in [0.2, 0.25) is 5.91 Å². The van der Waals surface area contributed by atoms with Gasteiger partial charge in [0.1, 0.15) is 0 Å². The number of amides is 1. The molecule has 2 aromatic carbocycles. The Hall–Kier alpha value is -2.39. The summed E-state index contributed by atoms with van der Waals surface area (Å²) in [5, 5.41) is 12.0. The molecular formula is C19H21NO2. The Bertz CT molecular complexity index is 593. The fraction of sp³-hybridized carbons (Fsp3) is 0.211. The number of benzene rings is 2. The zero-order valence-corrected chi connectivity index (χ0v) is 12.5. The Morgan fingerprint density at radius 2 is 1.68 bits per heavy atom. The lowest BCUT2D eigenvalue weighted by Gasteiger charge is -2.18. The lowest BCUT2D eigenvalue weighted by atomic mass is 10.0. The standard InChI is InChI=1S/C19H21NO2/c21-15-7-12-18(17-10-5-2-6-11-17)20-19(22)14-13-16-8-3-1-4-9-16/h1-6,8-11,13-14,18,21H,7,12,15H2,(H,20,22)/b14-13+. The molecule has 0 saturated carbocycles. The molecule has 0 saturated heterocycles. The van der Waals surface area contributed by atoms with Crippen LogP contribution in [0.5, 0.6) is 0 Å². The van der Waals surface area contributed by atoms with E-state index in [1.807, 2.05) is 60.7 Å². The second-order valence-corrected chi connectivity index (χ2v) is 5.08. The molecule has 0 radical (unpaired) electrons. The highest BCUT2D eigenvalue weighted by Gasteiger charge is 2.12. The Morgan fingerprint density at radius 3 is 2.32 bits per heavy atom. The third-order valence-corrected chi connectivity index (χ3v) is 3.40. The minimum atomic E-state index is -0.129. The summed E-state index contributed by atoms with van der Waals surface area (Å²) in [6, 6.07) is 19.5. The van der Waals surface area contributed by atoms with Crippen LogP contribution in [0.4, 0.5) is 0 Å². The van der Waals surface area contributed by atoms with Gasteiger partial charge in [-0.3, -0.25) is 4.79 Å². The molecule has 0 bridgehead atoms. The molecule has 2 N–H and O–H groups in total. The van der Waals surface area contributed by atoms with Crippen molar-refractivity contribution in [1.82, 2.24) is 5.32 Å². The van der Waals surface area contributed by atoms with Gasteiger partial charge in [0.05, 0.1) is 6.04 Å². The number of rotatable bonds is 7. The number of hydrogen-bond donors (Lipinski definition) is 2. The van der Waals surface area contributed by atoms with Gasteiger partial charge in [-0.15, -0.1) is 0 Å². The smallest absolute Gasteiger partial charge is 0.244 e. The average molecular weight is 295 g/mol. The SMILES string of the molecule is O=C(/C=C/c1ccccc1)NC(CCCO)c1ccccc1. The Kier molecular flexibility index (Phi) is 6.39. The van der Waals surface area contributed by atoms with Gasteiger partial charge < -0.3 is 10.4 Å². The van der Waals surface area contributed by atoms with Crippen molar-refractivity contribution in [1.29, 1.82) is 0 Å². The molecule has 3 nitrogen and oxygen atoms in total. The van der Waals surface area contributed by atoms with Gasteiger partial charge in [-0.1, -0.05) is 60.7 Å². The van der Waals surface area contributed by atoms with Crippen molar-refractivity contribution >= 4 is 12.0 Å². The number of carbonyl (C=O) groups is 1. The van der Waals surface area contributed by atoms with Crippen LogP contribution in [0.3, 0.4) is 0 Å². The van der Waals surface area contributed by atoms with Crippen molar-refractivity contribution in [2.24, 2.45) is 0 Å². The number of hydrogen-bond acceptors (Lipinski definition) is 2. The predicted molar refractivity (Wildman–Crippen MR) is 89.1 cm³/mol. The Labute approximate surface area is 131 Å². The van der Waals surface area contributed by atoms with Crippen LogP contribution in [0.2, 0.25) is 0 Å². The van der Waals surface area contributed by atoms with Crippen molar-refractivity contribution < 1.29 is 9.90 Å². The van der Waals surface area contributed by atoms with Crippen LogP contribution in [-0.2, 0) is 4.79 Å². The molecule has 2 rings (SSSR count). The molecule has 22 heavy (non-hydrogen) atoms. The van der Waals surface area contributed by atoms with Crippen LogP contribution in [0.25, 0.3) is 6.08 Å². The van der Waals surface area contributed by atoms with Gasteiger partial charge in [0.25, 0.3) is 0 Å². The third-order valence-electron chi connectivity index (χ3n) is 3.40. The van der Waals surface area contributed by atoms with Crippen molar-refractivity contribution in [2.75, 3.05) is 6.61 Å². The molecule has 0 aliphatic carbocycles. The molecule has 114 valence electrons. The summed E-state index contributed by atoms with van der Waals surface area (Å²) in [5.74, 6) is -0.129. The molecule has 0 fully saturated rings. The van der Waals surface area contributed by atoms with E-state index >= 15 is 0 Å². The van der Waals surface area contributed by atoms with Gasteiger partial charge in [0.15, 0.2) is 0 Å². The summed E-state index contributed by atoms with van der Waals surface area (Å²) in [7, 11) is 0. The van der Waals surface area contributed by atoms with Gasteiger partial charge in [-0.2, -0.15) is 0 Å². The van der Waals surface area contributed by atoms with E-state index in [0.717, 1.165) is 11.1 Å². The van der Waals surface area contributed by atoms with Gasteiger partial charge in [0, 0.05) is 12.7 Å². The Balaban J connectivity index is 2.00. The summed E-state index contributed by atoms with van der Waals surface area (Å²) in [6.45, 7) is 0.124.